The lowest BCUT2D eigenvalue weighted by atomic mass is 9.88. The van der Waals surface area contributed by atoms with Crippen LogP contribution in [0.2, 0.25) is 0 Å². The highest BCUT2D eigenvalue weighted by molar-refractivity contribution is 7.97. The van der Waals surface area contributed by atoms with Crippen LogP contribution >= 0.6 is 0 Å². The molecule has 0 N–H and O–H groups in total. The average Bonchev–Trinajstić information content (AvgIpc) is 0.737. The van der Waals surface area contributed by atoms with Crippen molar-refractivity contribution in [1.29, 1.82) is 0 Å². The SMILES string of the molecule is CCOc1ccc([S+](c2ccc(OCC)cc2)c2c(C)c(F)c(C)c(F)c2C)cc1.CCc1ccc([S+](c2ccc(CC)cc2)c2cc(C(C)(F)C(F)(F)F)cc(C(F)(C(F)(F)F)C(F)(F)F)c2)cc1.Cc1ccc([S+](c2ccc(C3CCCC3)cc2)c2cc(C)cc(C(F)(F)F)c2)cc1. The maximum atomic E-state index is 15.2. The van der Waals surface area contributed by atoms with E-state index in [2.05, 4.69) is 24.3 Å². The van der Waals surface area contributed by atoms with Crippen LogP contribution in [-0.4, -0.2) is 31.7 Å². The van der Waals surface area contributed by atoms with Gasteiger partial charge in [-0.3, -0.25) is 0 Å². The number of halogens is 16. The fourth-order valence-electron chi connectivity index (χ4n) is 11.7. The summed E-state index contributed by atoms with van der Waals surface area (Å²) in [6, 6.07) is 49.7. The van der Waals surface area contributed by atoms with Gasteiger partial charge in [-0.1, -0.05) is 80.8 Å². The molecule has 0 heterocycles. The highest BCUT2D eigenvalue weighted by atomic mass is 32.2. The zero-order chi connectivity index (χ0) is 73.5. The van der Waals surface area contributed by atoms with E-state index in [1.807, 2.05) is 113 Å². The van der Waals surface area contributed by atoms with E-state index in [0.717, 1.165) is 47.8 Å². The van der Waals surface area contributed by atoms with Crippen molar-refractivity contribution in [2.75, 3.05) is 13.2 Å². The molecule has 532 valence electrons. The Morgan fingerprint density at radius 3 is 1.11 bits per heavy atom. The predicted molar refractivity (Wildman–Crippen MR) is 365 cm³/mol. The Morgan fingerprint density at radius 2 is 0.730 bits per heavy atom. The Hall–Kier alpha value is -7.49. The van der Waals surface area contributed by atoms with Crippen molar-refractivity contribution in [2.24, 2.45) is 0 Å². The molecule has 2 nitrogen and oxygen atoms in total. The first-order valence-corrected chi connectivity index (χ1v) is 36.1. The number of hydrogen-bond donors (Lipinski definition) is 0. The van der Waals surface area contributed by atoms with Gasteiger partial charge in [0.25, 0.3) is 0 Å². The van der Waals surface area contributed by atoms with E-state index >= 15 is 8.78 Å². The Balaban J connectivity index is 0.000000194. The number of aryl methyl sites for hydroxylation is 4. The molecule has 9 aromatic rings. The third-order valence-corrected chi connectivity index (χ3v) is 24.2. The summed E-state index contributed by atoms with van der Waals surface area (Å²) in [6.45, 7) is 17.4. The van der Waals surface area contributed by atoms with Gasteiger partial charge in [0.2, 0.25) is 5.67 Å². The predicted octanol–water partition coefficient (Wildman–Crippen LogP) is 24.8. The van der Waals surface area contributed by atoms with Gasteiger partial charge in [0, 0.05) is 46.0 Å². The van der Waals surface area contributed by atoms with Gasteiger partial charge in [-0.05, 0) is 225 Å². The molecule has 21 heteroatoms. The van der Waals surface area contributed by atoms with Crippen molar-refractivity contribution >= 4 is 32.7 Å². The minimum absolute atomic E-state index is 0.0405. The number of hydrogen-bond acceptors (Lipinski definition) is 2. The van der Waals surface area contributed by atoms with Crippen LogP contribution in [0.15, 0.2) is 226 Å². The second-order valence-corrected chi connectivity index (χ2v) is 30.4. The number of benzene rings is 9. The van der Waals surface area contributed by atoms with E-state index in [-0.39, 0.29) is 24.6 Å². The summed E-state index contributed by atoms with van der Waals surface area (Å²) in [7, 11) is -2.91. The lowest BCUT2D eigenvalue weighted by Gasteiger charge is -2.32. The Kier molecular flexibility index (Phi) is 25.2. The van der Waals surface area contributed by atoms with E-state index in [4.69, 9.17) is 9.47 Å². The normalized spacial score (nSPS) is 14.1. The summed E-state index contributed by atoms with van der Waals surface area (Å²) in [6.07, 6.45) is -17.1. The quantitative estimate of drug-likeness (QED) is 0.0630. The summed E-state index contributed by atoms with van der Waals surface area (Å²) in [5, 5.41) is 0. The fourth-order valence-corrected chi connectivity index (χ4v) is 18.4. The number of ether oxygens (including phenoxy) is 2. The second-order valence-electron chi connectivity index (χ2n) is 24.4. The van der Waals surface area contributed by atoms with Crippen LogP contribution in [0.3, 0.4) is 0 Å². The molecule has 0 aliphatic heterocycles. The smallest absolute Gasteiger partial charge is 0.435 e. The zero-order valence-corrected chi connectivity index (χ0v) is 59.1. The molecule has 100 heavy (non-hydrogen) atoms. The molecule has 0 aromatic heterocycles. The maximum absolute atomic E-state index is 15.2. The third-order valence-electron chi connectivity index (χ3n) is 17.3. The van der Waals surface area contributed by atoms with Gasteiger partial charge in [-0.15, -0.1) is 0 Å². The number of rotatable bonds is 18. The Labute approximate surface area is 582 Å². The van der Waals surface area contributed by atoms with E-state index in [9.17, 15) is 61.5 Å². The molecule has 0 radical (unpaired) electrons. The molecule has 2 atom stereocenters. The zero-order valence-electron chi connectivity index (χ0n) is 56.6. The molecule has 1 aliphatic carbocycles. The van der Waals surface area contributed by atoms with Gasteiger partial charge in [0.15, 0.2) is 44.1 Å². The summed E-state index contributed by atoms with van der Waals surface area (Å²) in [4.78, 5) is 5.48. The summed E-state index contributed by atoms with van der Waals surface area (Å²) >= 11 is 0. The molecule has 1 fully saturated rings. The van der Waals surface area contributed by atoms with Crippen LogP contribution in [-0.2, 0) is 63.0 Å². The van der Waals surface area contributed by atoms with E-state index < -0.39 is 102 Å². The highest BCUT2D eigenvalue weighted by Gasteiger charge is 2.74. The van der Waals surface area contributed by atoms with Crippen LogP contribution < -0.4 is 9.47 Å². The topological polar surface area (TPSA) is 18.5 Å². The van der Waals surface area contributed by atoms with E-state index in [1.54, 1.807) is 45.0 Å². The lowest BCUT2D eigenvalue weighted by molar-refractivity contribution is -0.348. The highest BCUT2D eigenvalue weighted by Crippen LogP contribution is 2.56. The van der Waals surface area contributed by atoms with Crippen molar-refractivity contribution in [3.05, 3.63) is 255 Å². The van der Waals surface area contributed by atoms with E-state index in [1.165, 1.54) is 74.6 Å². The molecule has 0 spiro atoms. The largest absolute Gasteiger partial charge is 0.494 e. The van der Waals surface area contributed by atoms with Gasteiger partial charge in [-0.2, -0.15) is 52.7 Å². The summed E-state index contributed by atoms with van der Waals surface area (Å²) < 4.78 is 235. The third kappa shape index (κ3) is 17.7. The molecule has 1 saturated carbocycles. The van der Waals surface area contributed by atoms with Crippen molar-refractivity contribution in [1.82, 2.24) is 0 Å². The van der Waals surface area contributed by atoms with Crippen LogP contribution in [0.5, 0.6) is 11.5 Å². The van der Waals surface area contributed by atoms with Crippen LogP contribution in [0.25, 0.3) is 0 Å². The molecular weight excluding hydrogens is 1380 g/mol. The van der Waals surface area contributed by atoms with Crippen molar-refractivity contribution in [3.63, 3.8) is 0 Å². The molecule has 2 unspecified atom stereocenters. The summed E-state index contributed by atoms with van der Waals surface area (Å²) in [5.41, 5.74) is -9.02. The molecule has 0 saturated heterocycles. The fraction of sp³-hybridized carbons (Fsp3) is 0.316. The second kappa shape index (κ2) is 32.2. The van der Waals surface area contributed by atoms with Crippen molar-refractivity contribution < 1.29 is 79.7 Å². The van der Waals surface area contributed by atoms with Crippen molar-refractivity contribution in [3.8, 4) is 11.5 Å². The first kappa shape index (κ1) is 78.2. The molecule has 10 rings (SSSR count). The average molecular weight is 1460 g/mol. The van der Waals surface area contributed by atoms with Crippen LogP contribution in [0.4, 0.5) is 70.2 Å². The Morgan fingerprint density at radius 1 is 0.370 bits per heavy atom. The summed E-state index contributed by atoms with van der Waals surface area (Å²) in [5.74, 6) is 1.19. The van der Waals surface area contributed by atoms with Gasteiger partial charge >= 0.3 is 30.4 Å². The van der Waals surface area contributed by atoms with E-state index in [0.29, 0.717) is 74.3 Å². The minimum atomic E-state index is -6.61. The first-order valence-electron chi connectivity index (χ1n) is 32.4. The minimum Gasteiger partial charge on any atom is -0.494 e. The van der Waals surface area contributed by atoms with Crippen LogP contribution in [0, 0.1) is 46.3 Å². The standard InChI is InChI=1S/C28H24F11S.C26H26F3S.C25H27F2O2S/c1-4-17-6-10-21(11-7-17)40(22-12-8-18(5-2)9-13-22)23-15-19(24(3,29)26(31,32)33)14-20(16-23)25(30,27(34,35)36)28(37,38)39;1-18-7-11-23(12-8-18)30(25-16-19(2)15-22(17-25)26(27,28)29)24-13-9-21(10-14-24)20-5-3-4-6-20;1-6-28-19-8-12-21(13-9-19)30(22-14-10-20(11-15-22)29-7-2)25-17(4)23(26)16(3)24(27)18(25)5/h6-16H,4-5H2,1-3H3;7-17,20H,3-6H2,1-2H3;8-15H,6-7H2,1-5H3/q3*+1. The van der Waals surface area contributed by atoms with Gasteiger partial charge < -0.3 is 9.47 Å². The lowest BCUT2D eigenvalue weighted by Crippen LogP contribution is -2.50. The molecule has 9 aromatic carbocycles. The maximum Gasteiger partial charge on any atom is 0.435 e. The van der Waals surface area contributed by atoms with Gasteiger partial charge in [0.05, 0.1) is 40.6 Å². The Bertz CT molecular complexity index is 4040. The molecule has 1 aliphatic rings. The van der Waals surface area contributed by atoms with Crippen LogP contribution in [0.1, 0.15) is 127 Å². The molecule has 0 bridgehead atoms. The van der Waals surface area contributed by atoms with Gasteiger partial charge in [-0.25, -0.2) is 17.6 Å². The van der Waals surface area contributed by atoms with Crippen molar-refractivity contribution in [2.45, 2.75) is 194 Å². The molecule has 0 amide bonds. The number of alkyl halides is 14. The first-order chi connectivity index (χ1) is 47.0. The monoisotopic (exact) mass is 1460 g/mol. The van der Waals surface area contributed by atoms with Gasteiger partial charge in [0.1, 0.15) is 34.0 Å². The molecular formula is C79H77F16O2S3+3.